The third-order valence-electron chi connectivity index (χ3n) is 4.76. The number of carbonyl (C=O) groups excluding carboxylic acids is 2. The van der Waals surface area contributed by atoms with E-state index in [0.717, 1.165) is 16.7 Å². The van der Waals surface area contributed by atoms with Crippen molar-refractivity contribution in [2.24, 2.45) is 5.92 Å². The lowest BCUT2D eigenvalue weighted by atomic mass is 10.1. The second-order valence-electron chi connectivity index (χ2n) is 7.09. The van der Waals surface area contributed by atoms with E-state index in [1.807, 2.05) is 57.2 Å². The molecule has 1 heterocycles. The van der Waals surface area contributed by atoms with E-state index in [0.29, 0.717) is 23.8 Å². The maximum absolute atomic E-state index is 12.6. The fraction of sp³-hybridized carbons (Fsp3) is 0.333. The molecule has 3 rings (SSSR count). The van der Waals surface area contributed by atoms with Crippen molar-refractivity contribution in [2.75, 3.05) is 11.9 Å². The molecule has 0 saturated carbocycles. The normalized spacial score (nSPS) is 16.8. The van der Waals surface area contributed by atoms with Crippen LogP contribution in [0.4, 0.5) is 5.69 Å². The second-order valence-corrected chi connectivity index (χ2v) is 7.50. The molecule has 2 amide bonds. The van der Waals surface area contributed by atoms with E-state index in [2.05, 4.69) is 5.32 Å². The zero-order valence-corrected chi connectivity index (χ0v) is 16.1. The summed E-state index contributed by atoms with van der Waals surface area (Å²) in [5.41, 5.74) is 4.85. The Morgan fingerprint density at radius 3 is 2.50 bits per heavy atom. The second kappa shape index (κ2) is 7.50. The molecule has 1 aliphatic heterocycles. The number of aryl methyl sites for hydroxylation is 3. The van der Waals surface area contributed by atoms with Gasteiger partial charge in [-0.1, -0.05) is 47.5 Å². The van der Waals surface area contributed by atoms with E-state index in [4.69, 9.17) is 11.6 Å². The van der Waals surface area contributed by atoms with Crippen molar-refractivity contribution in [3.8, 4) is 0 Å². The molecule has 0 spiro atoms. The number of benzene rings is 2. The topological polar surface area (TPSA) is 49.4 Å². The molecule has 26 heavy (non-hydrogen) atoms. The number of rotatable bonds is 4. The van der Waals surface area contributed by atoms with Gasteiger partial charge in [0.2, 0.25) is 11.8 Å². The lowest BCUT2D eigenvalue weighted by Gasteiger charge is -2.17. The molecular formula is C21H23ClN2O2. The number of halogens is 1. The van der Waals surface area contributed by atoms with Crippen LogP contribution in [-0.4, -0.2) is 23.3 Å². The first-order valence-corrected chi connectivity index (χ1v) is 9.12. The van der Waals surface area contributed by atoms with Crippen molar-refractivity contribution in [3.05, 3.63) is 63.7 Å². The average Bonchev–Trinajstić information content (AvgIpc) is 2.94. The van der Waals surface area contributed by atoms with E-state index in [9.17, 15) is 9.59 Å². The maximum atomic E-state index is 12.6. The summed E-state index contributed by atoms with van der Waals surface area (Å²) in [6, 6.07) is 11.9. The number of nitrogens with one attached hydrogen (secondary N) is 1. The molecule has 1 saturated heterocycles. The Balaban J connectivity index is 1.66. The molecule has 2 aromatic rings. The molecule has 0 aromatic heterocycles. The molecule has 0 aliphatic carbocycles. The van der Waals surface area contributed by atoms with Gasteiger partial charge in [0.1, 0.15) is 0 Å². The molecule has 2 aromatic carbocycles. The van der Waals surface area contributed by atoms with Crippen LogP contribution in [0.5, 0.6) is 0 Å². The van der Waals surface area contributed by atoms with Gasteiger partial charge in [0, 0.05) is 19.5 Å². The first-order valence-electron chi connectivity index (χ1n) is 8.74. The largest absolute Gasteiger partial charge is 0.338 e. The number of nitrogens with zero attached hydrogens (tertiary/aromatic N) is 1. The third kappa shape index (κ3) is 4.07. The van der Waals surface area contributed by atoms with E-state index in [1.165, 1.54) is 5.56 Å². The van der Waals surface area contributed by atoms with Crippen molar-refractivity contribution in [2.45, 2.75) is 33.7 Å². The number of hydrogen-bond donors (Lipinski definition) is 1. The first kappa shape index (κ1) is 18.5. The van der Waals surface area contributed by atoms with Gasteiger partial charge in [-0.05, 0) is 43.5 Å². The third-order valence-corrected chi connectivity index (χ3v) is 5.06. The van der Waals surface area contributed by atoms with Crippen molar-refractivity contribution in [1.29, 1.82) is 0 Å². The van der Waals surface area contributed by atoms with Gasteiger partial charge in [-0.15, -0.1) is 0 Å². The van der Waals surface area contributed by atoms with Crippen LogP contribution >= 0.6 is 11.6 Å². The zero-order chi connectivity index (χ0) is 18.8. The summed E-state index contributed by atoms with van der Waals surface area (Å²) >= 11 is 6.27. The summed E-state index contributed by atoms with van der Waals surface area (Å²) in [5, 5.41) is 3.44. The molecule has 4 nitrogen and oxygen atoms in total. The van der Waals surface area contributed by atoms with Crippen LogP contribution in [0.2, 0.25) is 5.02 Å². The highest BCUT2D eigenvalue weighted by atomic mass is 35.5. The Morgan fingerprint density at radius 1 is 1.15 bits per heavy atom. The van der Waals surface area contributed by atoms with Crippen LogP contribution in [0.1, 0.15) is 28.7 Å². The summed E-state index contributed by atoms with van der Waals surface area (Å²) < 4.78 is 0. The van der Waals surface area contributed by atoms with E-state index < -0.39 is 0 Å². The molecule has 1 fully saturated rings. The molecule has 0 radical (unpaired) electrons. The van der Waals surface area contributed by atoms with Gasteiger partial charge in [-0.25, -0.2) is 0 Å². The summed E-state index contributed by atoms with van der Waals surface area (Å²) in [6.07, 6.45) is 0.236. The smallest absolute Gasteiger partial charge is 0.229 e. The van der Waals surface area contributed by atoms with Gasteiger partial charge in [-0.3, -0.25) is 9.59 Å². The lowest BCUT2D eigenvalue weighted by Crippen LogP contribution is -2.28. The molecule has 5 heteroatoms. The van der Waals surface area contributed by atoms with Gasteiger partial charge in [0.25, 0.3) is 0 Å². The van der Waals surface area contributed by atoms with Crippen LogP contribution < -0.4 is 5.32 Å². The monoisotopic (exact) mass is 370 g/mol. The van der Waals surface area contributed by atoms with Gasteiger partial charge < -0.3 is 10.2 Å². The number of likely N-dealkylation sites (tertiary alicyclic amines) is 1. The van der Waals surface area contributed by atoms with Gasteiger partial charge in [-0.2, -0.15) is 0 Å². The highest BCUT2D eigenvalue weighted by Crippen LogP contribution is 2.29. The standard InChI is InChI=1S/C21H23ClN2O2/c1-13-4-6-16(7-5-13)11-24-12-17(10-19(24)25)21(26)23-20-15(3)8-14(2)9-18(20)22/h4-9,17H,10-12H2,1-3H3,(H,23,26). The van der Waals surface area contributed by atoms with Crippen LogP contribution in [0.3, 0.4) is 0 Å². The van der Waals surface area contributed by atoms with E-state index in [1.54, 1.807) is 4.90 Å². The fourth-order valence-electron chi connectivity index (χ4n) is 3.31. The number of hydrogen-bond acceptors (Lipinski definition) is 2. The number of amides is 2. The fourth-order valence-corrected chi connectivity index (χ4v) is 3.68. The molecule has 136 valence electrons. The highest BCUT2D eigenvalue weighted by Gasteiger charge is 2.34. The minimum absolute atomic E-state index is 0.0115. The quantitative estimate of drug-likeness (QED) is 0.874. The molecule has 1 aliphatic rings. The average molecular weight is 371 g/mol. The minimum atomic E-state index is -0.357. The Labute approximate surface area is 159 Å². The summed E-state index contributed by atoms with van der Waals surface area (Å²) in [7, 11) is 0. The molecular weight excluding hydrogens is 348 g/mol. The maximum Gasteiger partial charge on any atom is 0.229 e. The van der Waals surface area contributed by atoms with E-state index in [-0.39, 0.29) is 24.2 Å². The van der Waals surface area contributed by atoms with Gasteiger partial charge in [0.05, 0.1) is 16.6 Å². The van der Waals surface area contributed by atoms with Crippen molar-refractivity contribution >= 4 is 29.1 Å². The Bertz CT molecular complexity index is 823. The molecule has 0 bridgehead atoms. The SMILES string of the molecule is Cc1ccc(CN2CC(C(=O)Nc3c(C)cc(C)cc3Cl)CC2=O)cc1. The van der Waals surface area contributed by atoms with Crippen LogP contribution in [0.25, 0.3) is 0 Å². The lowest BCUT2D eigenvalue weighted by molar-refractivity contribution is -0.128. The van der Waals surface area contributed by atoms with Crippen LogP contribution in [0.15, 0.2) is 36.4 Å². The van der Waals surface area contributed by atoms with E-state index >= 15 is 0 Å². The predicted molar refractivity (Wildman–Crippen MR) is 104 cm³/mol. The summed E-state index contributed by atoms with van der Waals surface area (Å²) in [5.74, 6) is -0.499. The van der Waals surface area contributed by atoms with Crippen LogP contribution in [0, 0.1) is 26.7 Å². The molecule has 1 N–H and O–H groups in total. The Hall–Kier alpha value is -2.33. The number of anilines is 1. The number of carbonyl (C=O) groups is 2. The molecule has 1 atom stereocenters. The van der Waals surface area contributed by atoms with Crippen molar-refractivity contribution < 1.29 is 9.59 Å². The van der Waals surface area contributed by atoms with Crippen molar-refractivity contribution in [1.82, 2.24) is 4.90 Å². The van der Waals surface area contributed by atoms with Crippen molar-refractivity contribution in [3.63, 3.8) is 0 Å². The first-order chi connectivity index (χ1) is 12.3. The van der Waals surface area contributed by atoms with Gasteiger partial charge in [0.15, 0.2) is 0 Å². The predicted octanol–water partition coefficient (Wildman–Crippen LogP) is 4.25. The highest BCUT2D eigenvalue weighted by molar-refractivity contribution is 6.34. The summed E-state index contributed by atoms with van der Waals surface area (Å²) in [6.45, 7) is 6.87. The minimum Gasteiger partial charge on any atom is -0.338 e. The van der Waals surface area contributed by atoms with Crippen LogP contribution in [-0.2, 0) is 16.1 Å². The van der Waals surface area contributed by atoms with Gasteiger partial charge >= 0.3 is 0 Å². The summed E-state index contributed by atoms with van der Waals surface area (Å²) in [4.78, 5) is 26.7. The zero-order valence-electron chi connectivity index (χ0n) is 15.3. The molecule has 1 unspecified atom stereocenters. The Morgan fingerprint density at radius 2 is 1.85 bits per heavy atom. The Kier molecular flexibility index (Phi) is 5.33.